The van der Waals surface area contributed by atoms with Crippen LogP contribution < -0.4 is 4.90 Å². The van der Waals surface area contributed by atoms with Crippen LogP contribution in [0.2, 0.25) is 5.28 Å². The minimum absolute atomic E-state index is 0.302. The Morgan fingerprint density at radius 2 is 2.17 bits per heavy atom. The van der Waals surface area contributed by atoms with Gasteiger partial charge >= 0.3 is 0 Å². The van der Waals surface area contributed by atoms with E-state index in [1.165, 1.54) is 0 Å². The molecule has 1 heterocycles. The van der Waals surface area contributed by atoms with Crippen molar-refractivity contribution < 1.29 is 0 Å². The van der Waals surface area contributed by atoms with E-state index in [-0.39, 0.29) is 0 Å². The Kier molecular flexibility index (Phi) is 2.87. The van der Waals surface area contributed by atoms with Crippen LogP contribution in [0, 0.1) is 0 Å². The average molecular weight is 186 g/mol. The van der Waals surface area contributed by atoms with Gasteiger partial charge in [0.1, 0.15) is 5.82 Å². The monoisotopic (exact) mass is 185 g/mol. The largest absolute Gasteiger partial charge is 0.362 e. The number of hydrogen-bond acceptors (Lipinski definition) is 3. The zero-order valence-corrected chi connectivity index (χ0v) is 8.26. The highest BCUT2D eigenvalue weighted by Crippen LogP contribution is 2.16. The minimum Gasteiger partial charge on any atom is -0.362 e. The van der Waals surface area contributed by atoms with E-state index >= 15 is 0 Å². The predicted octanol–water partition coefficient (Wildman–Crippen LogP) is 1.76. The fourth-order valence-corrected chi connectivity index (χ4v) is 1.14. The highest BCUT2D eigenvalue weighted by molar-refractivity contribution is 6.28. The smallest absolute Gasteiger partial charge is 0.224 e. The molecule has 3 nitrogen and oxygen atoms in total. The Labute approximate surface area is 77.4 Å². The normalized spacial score (nSPS) is 10.0. The topological polar surface area (TPSA) is 29.0 Å². The molecule has 0 aliphatic rings. The van der Waals surface area contributed by atoms with Gasteiger partial charge in [0.25, 0.3) is 0 Å². The average Bonchev–Trinajstić information content (AvgIpc) is 2.04. The summed E-state index contributed by atoms with van der Waals surface area (Å²) in [6.07, 6.45) is 2.69. The summed E-state index contributed by atoms with van der Waals surface area (Å²) in [6.45, 7) is 2.07. The van der Waals surface area contributed by atoms with Gasteiger partial charge in [-0.05, 0) is 18.0 Å². The third-order valence-corrected chi connectivity index (χ3v) is 1.80. The number of anilines is 1. The third-order valence-electron chi connectivity index (χ3n) is 1.62. The van der Waals surface area contributed by atoms with E-state index in [4.69, 9.17) is 11.6 Å². The number of aromatic nitrogens is 2. The van der Waals surface area contributed by atoms with E-state index in [2.05, 4.69) is 16.9 Å². The molecule has 0 radical (unpaired) electrons. The molecule has 0 aliphatic heterocycles. The van der Waals surface area contributed by atoms with E-state index in [0.29, 0.717) is 5.28 Å². The molecule has 0 spiro atoms. The van der Waals surface area contributed by atoms with Crippen molar-refractivity contribution in [2.24, 2.45) is 0 Å². The standard InChI is InChI=1S/C8H12ClN3/c1-4-6-5-10-8(9)11-7(6)12(2)3/h5H,4H2,1-3H3. The van der Waals surface area contributed by atoms with Crippen molar-refractivity contribution in [3.05, 3.63) is 17.0 Å². The lowest BCUT2D eigenvalue weighted by Gasteiger charge is -2.14. The summed E-state index contributed by atoms with van der Waals surface area (Å²) in [5, 5.41) is 0.302. The molecule has 0 saturated carbocycles. The Hall–Kier alpha value is -0.830. The first kappa shape index (κ1) is 9.26. The van der Waals surface area contributed by atoms with E-state index < -0.39 is 0 Å². The molecule has 0 unspecified atom stereocenters. The number of hydrogen-bond donors (Lipinski definition) is 0. The molecule has 0 aliphatic carbocycles. The lowest BCUT2D eigenvalue weighted by Crippen LogP contribution is -2.13. The molecule has 12 heavy (non-hydrogen) atoms. The first-order valence-corrected chi connectivity index (χ1v) is 4.21. The van der Waals surface area contributed by atoms with Crippen LogP contribution in [0.4, 0.5) is 5.82 Å². The van der Waals surface area contributed by atoms with Gasteiger partial charge in [0, 0.05) is 25.9 Å². The molecule has 0 N–H and O–H groups in total. The van der Waals surface area contributed by atoms with Gasteiger partial charge in [-0.25, -0.2) is 9.97 Å². The predicted molar refractivity (Wildman–Crippen MR) is 50.7 cm³/mol. The molecule has 66 valence electrons. The summed E-state index contributed by atoms with van der Waals surface area (Å²) in [4.78, 5) is 9.98. The summed E-state index contributed by atoms with van der Waals surface area (Å²) < 4.78 is 0. The molecular formula is C8H12ClN3. The zero-order valence-electron chi connectivity index (χ0n) is 7.50. The maximum absolute atomic E-state index is 5.67. The van der Waals surface area contributed by atoms with Crippen molar-refractivity contribution in [1.82, 2.24) is 9.97 Å². The number of halogens is 1. The van der Waals surface area contributed by atoms with Crippen LogP contribution in [0.25, 0.3) is 0 Å². The van der Waals surface area contributed by atoms with Crippen molar-refractivity contribution in [3.63, 3.8) is 0 Å². The lowest BCUT2D eigenvalue weighted by atomic mass is 10.2. The van der Waals surface area contributed by atoms with Crippen LogP contribution in [-0.4, -0.2) is 24.1 Å². The second-order valence-electron chi connectivity index (χ2n) is 2.74. The van der Waals surface area contributed by atoms with Crippen LogP contribution in [-0.2, 0) is 6.42 Å². The molecule has 0 bridgehead atoms. The van der Waals surface area contributed by atoms with Gasteiger partial charge in [-0.15, -0.1) is 0 Å². The Bertz CT molecular complexity index is 273. The number of nitrogens with zero attached hydrogens (tertiary/aromatic N) is 3. The second-order valence-corrected chi connectivity index (χ2v) is 3.07. The summed E-state index contributed by atoms with van der Waals surface area (Å²) in [5.41, 5.74) is 1.12. The zero-order chi connectivity index (χ0) is 9.14. The van der Waals surface area contributed by atoms with Crippen LogP contribution in [0.15, 0.2) is 6.20 Å². The van der Waals surface area contributed by atoms with Crippen LogP contribution in [0.1, 0.15) is 12.5 Å². The Morgan fingerprint density at radius 3 is 2.67 bits per heavy atom. The first-order chi connectivity index (χ1) is 5.65. The lowest BCUT2D eigenvalue weighted by molar-refractivity contribution is 0.975. The highest BCUT2D eigenvalue weighted by Gasteiger charge is 2.05. The second kappa shape index (κ2) is 3.72. The molecule has 0 amide bonds. The van der Waals surface area contributed by atoms with Gasteiger partial charge in [0.05, 0.1) is 0 Å². The highest BCUT2D eigenvalue weighted by atomic mass is 35.5. The van der Waals surface area contributed by atoms with Crippen molar-refractivity contribution >= 4 is 17.4 Å². The van der Waals surface area contributed by atoms with E-state index in [9.17, 15) is 0 Å². The molecule has 1 aromatic rings. The molecule has 0 saturated heterocycles. The van der Waals surface area contributed by atoms with Crippen molar-refractivity contribution in [2.75, 3.05) is 19.0 Å². The van der Waals surface area contributed by atoms with Crippen LogP contribution in [0.5, 0.6) is 0 Å². The summed E-state index contributed by atoms with van der Waals surface area (Å²) in [6, 6.07) is 0. The SMILES string of the molecule is CCc1cnc(Cl)nc1N(C)C. The molecule has 0 atom stereocenters. The quantitative estimate of drug-likeness (QED) is 0.658. The van der Waals surface area contributed by atoms with Crippen LogP contribution in [0.3, 0.4) is 0 Å². The maximum atomic E-state index is 5.67. The maximum Gasteiger partial charge on any atom is 0.224 e. The van der Waals surface area contributed by atoms with E-state index in [1.54, 1.807) is 6.20 Å². The van der Waals surface area contributed by atoms with Crippen LogP contribution >= 0.6 is 11.6 Å². The molecule has 1 aromatic heterocycles. The van der Waals surface area contributed by atoms with Gasteiger partial charge in [-0.3, -0.25) is 0 Å². The Morgan fingerprint density at radius 1 is 1.50 bits per heavy atom. The van der Waals surface area contributed by atoms with Gasteiger partial charge in [-0.2, -0.15) is 0 Å². The first-order valence-electron chi connectivity index (χ1n) is 3.84. The van der Waals surface area contributed by atoms with E-state index in [0.717, 1.165) is 17.8 Å². The van der Waals surface area contributed by atoms with Crippen molar-refractivity contribution in [3.8, 4) is 0 Å². The van der Waals surface area contributed by atoms with Gasteiger partial charge < -0.3 is 4.90 Å². The van der Waals surface area contributed by atoms with E-state index in [1.807, 2.05) is 19.0 Å². The molecule has 0 fully saturated rings. The van der Waals surface area contributed by atoms with Gasteiger partial charge in [0.15, 0.2) is 0 Å². The summed E-state index contributed by atoms with van der Waals surface area (Å²) in [7, 11) is 3.88. The van der Waals surface area contributed by atoms with Crippen molar-refractivity contribution in [2.45, 2.75) is 13.3 Å². The summed E-state index contributed by atoms with van der Waals surface area (Å²) >= 11 is 5.67. The number of rotatable bonds is 2. The fraction of sp³-hybridized carbons (Fsp3) is 0.500. The van der Waals surface area contributed by atoms with Gasteiger partial charge in [-0.1, -0.05) is 6.92 Å². The molecule has 1 rings (SSSR count). The summed E-state index contributed by atoms with van der Waals surface area (Å²) in [5.74, 6) is 0.900. The third kappa shape index (κ3) is 1.85. The molecular weight excluding hydrogens is 174 g/mol. The minimum atomic E-state index is 0.302. The Balaban J connectivity index is 3.12. The molecule has 4 heteroatoms. The molecule has 0 aromatic carbocycles. The fourth-order valence-electron chi connectivity index (χ4n) is 1.01. The van der Waals surface area contributed by atoms with Crippen molar-refractivity contribution in [1.29, 1.82) is 0 Å². The van der Waals surface area contributed by atoms with Gasteiger partial charge in [0.2, 0.25) is 5.28 Å². The number of aryl methyl sites for hydroxylation is 1.